The van der Waals surface area contributed by atoms with Gasteiger partial charge in [0.1, 0.15) is 5.82 Å². The Kier molecular flexibility index (Phi) is 3.47. The number of anilines is 1. The Bertz CT molecular complexity index is 584. The highest BCUT2D eigenvalue weighted by molar-refractivity contribution is 9.10. The quantitative estimate of drug-likeness (QED) is 0.856. The number of nitrogens with zero attached hydrogens (tertiary/aromatic N) is 2. The number of hydrogen-bond acceptors (Lipinski definition) is 4. The van der Waals surface area contributed by atoms with Crippen LogP contribution < -0.4 is 5.73 Å². The molecule has 0 amide bonds. The molecule has 2 rings (SSSR count). The molecule has 96 valence electrons. The average molecular weight is 326 g/mol. The van der Waals surface area contributed by atoms with Crippen molar-refractivity contribution in [2.24, 2.45) is 0 Å². The second-order valence-electron chi connectivity index (χ2n) is 5.26. The maximum Gasteiger partial charge on any atom is 0.171 e. The molecule has 0 fully saturated rings. The fourth-order valence-electron chi connectivity index (χ4n) is 1.63. The van der Waals surface area contributed by atoms with Crippen molar-refractivity contribution in [2.45, 2.75) is 33.1 Å². The van der Waals surface area contributed by atoms with Crippen molar-refractivity contribution in [1.82, 2.24) is 9.97 Å². The van der Waals surface area contributed by atoms with E-state index >= 15 is 0 Å². The zero-order valence-corrected chi connectivity index (χ0v) is 13.3. The fourth-order valence-corrected chi connectivity index (χ4v) is 3.20. The summed E-state index contributed by atoms with van der Waals surface area (Å²) in [5.74, 6) is 1.20. The number of aromatic nitrogens is 2. The van der Waals surface area contributed by atoms with Crippen LogP contribution in [0.2, 0.25) is 0 Å². The maximum atomic E-state index is 5.97. The standard InChI is InChI=1S/C13H16BrN3S/c1-7-5-6-8(18-7)12-16-10(13(2,3)4)9(14)11(15)17-12/h5-6H,1-4H3,(H2,15,16,17). The summed E-state index contributed by atoms with van der Waals surface area (Å²) in [6.07, 6.45) is 0. The van der Waals surface area contributed by atoms with Crippen molar-refractivity contribution < 1.29 is 0 Å². The van der Waals surface area contributed by atoms with Gasteiger partial charge in [-0.2, -0.15) is 0 Å². The lowest BCUT2D eigenvalue weighted by Crippen LogP contribution is -2.16. The molecule has 2 aromatic heterocycles. The highest BCUT2D eigenvalue weighted by Gasteiger charge is 2.23. The van der Waals surface area contributed by atoms with E-state index in [0.717, 1.165) is 15.0 Å². The Balaban J connectivity index is 2.61. The van der Waals surface area contributed by atoms with Crippen LogP contribution in [0.25, 0.3) is 10.7 Å². The molecule has 0 atom stereocenters. The van der Waals surface area contributed by atoms with Gasteiger partial charge in [-0.15, -0.1) is 11.3 Å². The van der Waals surface area contributed by atoms with Gasteiger partial charge in [-0.3, -0.25) is 0 Å². The monoisotopic (exact) mass is 325 g/mol. The van der Waals surface area contributed by atoms with E-state index in [0.29, 0.717) is 11.6 Å². The first kappa shape index (κ1) is 13.5. The van der Waals surface area contributed by atoms with Gasteiger partial charge < -0.3 is 5.73 Å². The third-order valence-corrected chi connectivity index (χ3v) is 4.33. The lowest BCUT2D eigenvalue weighted by atomic mass is 9.92. The zero-order valence-electron chi connectivity index (χ0n) is 10.9. The Morgan fingerprint density at radius 1 is 1.22 bits per heavy atom. The molecule has 0 radical (unpaired) electrons. The minimum atomic E-state index is -0.0725. The molecule has 0 saturated heterocycles. The molecule has 2 aromatic rings. The molecule has 0 saturated carbocycles. The predicted molar refractivity (Wildman–Crippen MR) is 80.9 cm³/mol. The Morgan fingerprint density at radius 2 is 1.89 bits per heavy atom. The van der Waals surface area contributed by atoms with Crippen molar-refractivity contribution in [3.63, 3.8) is 0 Å². The van der Waals surface area contributed by atoms with Crippen molar-refractivity contribution in [3.05, 3.63) is 27.2 Å². The molecular formula is C13H16BrN3S. The number of aryl methyl sites for hydroxylation is 1. The number of halogens is 1. The zero-order chi connectivity index (χ0) is 13.5. The summed E-state index contributed by atoms with van der Waals surface area (Å²) in [6.45, 7) is 8.41. The molecule has 0 aliphatic rings. The Labute approximate surface area is 120 Å². The van der Waals surface area contributed by atoms with Crippen LogP contribution in [-0.2, 0) is 5.41 Å². The smallest absolute Gasteiger partial charge is 0.171 e. The SMILES string of the molecule is Cc1ccc(-c2nc(N)c(Br)c(C(C)(C)C)n2)s1. The maximum absolute atomic E-state index is 5.97. The van der Waals surface area contributed by atoms with E-state index in [1.165, 1.54) is 4.88 Å². The normalized spacial score (nSPS) is 11.8. The molecule has 3 nitrogen and oxygen atoms in total. The minimum Gasteiger partial charge on any atom is -0.383 e. The van der Waals surface area contributed by atoms with Gasteiger partial charge in [0.25, 0.3) is 0 Å². The van der Waals surface area contributed by atoms with Crippen LogP contribution in [0.5, 0.6) is 0 Å². The molecule has 0 aliphatic carbocycles. The summed E-state index contributed by atoms with van der Waals surface area (Å²) < 4.78 is 0.798. The van der Waals surface area contributed by atoms with E-state index < -0.39 is 0 Å². The van der Waals surface area contributed by atoms with Crippen molar-refractivity contribution >= 4 is 33.1 Å². The van der Waals surface area contributed by atoms with Gasteiger partial charge >= 0.3 is 0 Å². The van der Waals surface area contributed by atoms with Crippen molar-refractivity contribution in [2.75, 3.05) is 5.73 Å². The van der Waals surface area contributed by atoms with Crippen LogP contribution in [-0.4, -0.2) is 9.97 Å². The Morgan fingerprint density at radius 3 is 2.39 bits per heavy atom. The molecule has 2 N–H and O–H groups in total. The van der Waals surface area contributed by atoms with Crippen LogP contribution in [0.1, 0.15) is 31.3 Å². The summed E-state index contributed by atoms with van der Waals surface area (Å²) in [7, 11) is 0. The van der Waals surface area contributed by atoms with Crippen LogP contribution in [0.15, 0.2) is 16.6 Å². The molecule has 18 heavy (non-hydrogen) atoms. The lowest BCUT2D eigenvalue weighted by molar-refractivity contribution is 0.565. The van der Waals surface area contributed by atoms with E-state index in [-0.39, 0.29) is 5.41 Å². The highest BCUT2D eigenvalue weighted by atomic mass is 79.9. The number of nitrogen functional groups attached to an aromatic ring is 1. The average Bonchev–Trinajstić information content (AvgIpc) is 2.67. The first-order valence-electron chi connectivity index (χ1n) is 5.69. The third kappa shape index (κ3) is 2.57. The lowest BCUT2D eigenvalue weighted by Gasteiger charge is -2.20. The van der Waals surface area contributed by atoms with Crippen LogP contribution in [0, 0.1) is 6.92 Å². The molecule has 0 aromatic carbocycles. The summed E-state index contributed by atoms with van der Waals surface area (Å²) in [5, 5.41) is 0. The minimum absolute atomic E-state index is 0.0725. The van der Waals surface area contributed by atoms with Crippen LogP contribution in [0.4, 0.5) is 5.82 Å². The van der Waals surface area contributed by atoms with E-state index in [4.69, 9.17) is 5.73 Å². The second-order valence-corrected chi connectivity index (χ2v) is 7.34. The molecule has 0 unspecified atom stereocenters. The summed E-state index contributed by atoms with van der Waals surface area (Å²) in [5.41, 5.74) is 6.84. The second kappa shape index (κ2) is 4.63. The van der Waals surface area contributed by atoms with E-state index in [2.05, 4.69) is 59.7 Å². The molecule has 0 bridgehead atoms. The van der Waals surface area contributed by atoms with E-state index in [1.54, 1.807) is 11.3 Å². The van der Waals surface area contributed by atoms with Gasteiger partial charge in [0.05, 0.1) is 15.0 Å². The van der Waals surface area contributed by atoms with Crippen molar-refractivity contribution in [1.29, 1.82) is 0 Å². The van der Waals surface area contributed by atoms with Gasteiger partial charge in [-0.05, 0) is 35.0 Å². The van der Waals surface area contributed by atoms with E-state index in [9.17, 15) is 0 Å². The number of nitrogens with two attached hydrogens (primary N) is 1. The number of hydrogen-bond donors (Lipinski definition) is 1. The van der Waals surface area contributed by atoms with Crippen LogP contribution in [0.3, 0.4) is 0 Å². The van der Waals surface area contributed by atoms with Gasteiger partial charge in [0, 0.05) is 10.3 Å². The first-order chi connectivity index (χ1) is 8.29. The molecule has 0 spiro atoms. The Hall–Kier alpha value is -0.940. The molecule has 5 heteroatoms. The van der Waals surface area contributed by atoms with E-state index in [1.807, 2.05) is 6.07 Å². The van der Waals surface area contributed by atoms with Gasteiger partial charge in [0.2, 0.25) is 0 Å². The summed E-state index contributed by atoms with van der Waals surface area (Å²) in [6, 6.07) is 4.10. The summed E-state index contributed by atoms with van der Waals surface area (Å²) >= 11 is 5.16. The predicted octanol–water partition coefficient (Wildman–Crippen LogP) is 4.16. The fraction of sp³-hybridized carbons (Fsp3) is 0.385. The van der Waals surface area contributed by atoms with Crippen molar-refractivity contribution in [3.8, 4) is 10.7 Å². The summed E-state index contributed by atoms with van der Waals surface area (Å²) in [4.78, 5) is 11.3. The topological polar surface area (TPSA) is 51.8 Å². The van der Waals surface area contributed by atoms with Gasteiger partial charge in [-0.1, -0.05) is 20.8 Å². The largest absolute Gasteiger partial charge is 0.383 e. The molecule has 2 heterocycles. The van der Waals surface area contributed by atoms with Gasteiger partial charge in [0.15, 0.2) is 5.82 Å². The van der Waals surface area contributed by atoms with Gasteiger partial charge in [-0.25, -0.2) is 9.97 Å². The number of rotatable bonds is 1. The number of thiophene rings is 1. The molecular weight excluding hydrogens is 310 g/mol. The first-order valence-corrected chi connectivity index (χ1v) is 7.30. The van der Waals surface area contributed by atoms with Crippen LogP contribution >= 0.6 is 27.3 Å². The molecule has 0 aliphatic heterocycles. The highest BCUT2D eigenvalue weighted by Crippen LogP contribution is 2.34. The third-order valence-electron chi connectivity index (χ3n) is 2.55.